The number of likely N-dealkylation sites (N-methyl/N-ethyl adjacent to an activating group) is 1. The van der Waals surface area contributed by atoms with Crippen molar-refractivity contribution < 1.29 is 0 Å². The van der Waals surface area contributed by atoms with Crippen molar-refractivity contribution in [1.82, 2.24) is 20.5 Å². The van der Waals surface area contributed by atoms with E-state index in [4.69, 9.17) is 11.6 Å². The number of guanidine groups is 1. The van der Waals surface area contributed by atoms with Gasteiger partial charge in [0, 0.05) is 43.8 Å². The van der Waals surface area contributed by atoms with E-state index in [0.29, 0.717) is 17.1 Å². The molecule has 0 radical (unpaired) electrons. The number of aliphatic imine (C=N–C) groups is 1. The van der Waals surface area contributed by atoms with E-state index in [1.165, 1.54) is 4.88 Å². The molecule has 1 aliphatic heterocycles. The van der Waals surface area contributed by atoms with Crippen molar-refractivity contribution in [2.24, 2.45) is 4.99 Å². The smallest absolute Gasteiger partial charge is 0.191 e. The fraction of sp³-hybridized carbons (Fsp3) is 0.474. The minimum absolute atomic E-state index is 0.314. The minimum atomic E-state index is 0.314. The number of pyridine rings is 1. The molecule has 0 spiro atoms. The first-order valence-electron chi connectivity index (χ1n) is 9.11. The zero-order valence-corrected chi connectivity index (χ0v) is 17.6. The van der Waals surface area contributed by atoms with Crippen molar-refractivity contribution in [1.29, 1.82) is 0 Å². The Bertz CT molecular complexity index is 748. The summed E-state index contributed by atoms with van der Waals surface area (Å²) in [4.78, 5) is 14.6. The lowest BCUT2D eigenvalue weighted by atomic mass is 10.2. The number of nitrogens with zero attached hydrogens (tertiary/aromatic N) is 4. The molecular weight excluding hydrogens is 380 g/mol. The van der Waals surface area contributed by atoms with Crippen LogP contribution in [0.1, 0.15) is 17.3 Å². The highest BCUT2D eigenvalue weighted by molar-refractivity contribution is 7.10. The van der Waals surface area contributed by atoms with E-state index < -0.39 is 0 Å². The maximum Gasteiger partial charge on any atom is 0.191 e. The fourth-order valence-electron chi connectivity index (χ4n) is 3.28. The molecule has 3 rings (SSSR count). The van der Waals surface area contributed by atoms with Gasteiger partial charge in [-0.25, -0.2) is 4.98 Å². The molecular formula is C19H27ClN6S. The topological polar surface area (TPSA) is 55.8 Å². The highest BCUT2D eigenvalue weighted by Crippen LogP contribution is 2.26. The zero-order chi connectivity index (χ0) is 19.2. The third kappa shape index (κ3) is 5.12. The number of aromatic nitrogens is 1. The van der Waals surface area contributed by atoms with E-state index in [0.717, 1.165) is 37.8 Å². The molecule has 1 fully saturated rings. The summed E-state index contributed by atoms with van der Waals surface area (Å²) in [7, 11) is 6.02. The Morgan fingerprint density at radius 1 is 1.44 bits per heavy atom. The van der Waals surface area contributed by atoms with Crippen molar-refractivity contribution in [3.05, 3.63) is 45.7 Å². The van der Waals surface area contributed by atoms with Gasteiger partial charge in [-0.15, -0.1) is 11.3 Å². The maximum atomic E-state index is 6.28. The van der Waals surface area contributed by atoms with Gasteiger partial charge in [0.1, 0.15) is 5.82 Å². The molecule has 6 nitrogen and oxygen atoms in total. The van der Waals surface area contributed by atoms with Gasteiger partial charge in [0.2, 0.25) is 0 Å². The van der Waals surface area contributed by atoms with Crippen molar-refractivity contribution in [3.8, 4) is 0 Å². The standard InChI is InChI=1S/C19H27ClN6S/c1-21-19(23-12-16(25(2)3)17-7-5-11-27-17)24-14-8-10-26(13-14)18-15(20)6-4-9-22-18/h4-7,9,11,14,16H,8,10,12-13H2,1-3H3,(H2,21,23,24). The van der Waals surface area contributed by atoms with Crippen molar-refractivity contribution in [2.45, 2.75) is 18.5 Å². The fourth-order valence-corrected chi connectivity index (χ4v) is 4.44. The molecule has 1 aliphatic rings. The third-order valence-corrected chi connectivity index (χ3v) is 6.02. The van der Waals surface area contributed by atoms with Crippen LogP contribution in [0.15, 0.2) is 40.8 Å². The van der Waals surface area contributed by atoms with Gasteiger partial charge in [-0.2, -0.15) is 0 Å². The van der Waals surface area contributed by atoms with Crippen LogP contribution in [-0.2, 0) is 0 Å². The first-order valence-corrected chi connectivity index (χ1v) is 10.4. The van der Waals surface area contributed by atoms with Crippen LogP contribution in [0.3, 0.4) is 0 Å². The number of thiophene rings is 1. The van der Waals surface area contributed by atoms with Crippen LogP contribution in [0.2, 0.25) is 5.02 Å². The molecule has 2 aromatic heterocycles. The second-order valence-corrected chi connectivity index (χ2v) is 8.22. The zero-order valence-electron chi connectivity index (χ0n) is 16.0. The summed E-state index contributed by atoms with van der Waals surface area (Å²) in [5, 5.41) is 9.83. The van der Waals surface area contributed by atoms with Crippen molar-refractivity contribution in [2.75, 3.05) is 45.7 Å². The lowest BCUT2D eigenvalue weighted by molar-refractivity contribution is 0.302. The minimum Gasteiger partial charge on any atom is -0.354 e. The normalized spacial score (nSPS) is 18.8. The summed E-state index contributed by atoms with van der Waals surface area (Å²) in [6, 6.07) is 8.65. The highest BCUT2D eigenvalue weighted by Gasteiger charge is 2.25. The Morgan fingerprint density at radius 2 is 2.30 bits per heavy atom. The average Bonchev–Trinajstić information content (AvgIpc) is 3.33. The Hall–Kier alpha value is -1.83. The monoisotopic (exact) mass is 406 g/mol. The first kappa shape index (κ1) is 19.9. The van der Waals surface area contributed by atoms with Crippen LogP contribution in [0.5, 0.6) is 0 Å². The summed E-state index contributed by atoms with van der Waals surface area (Å²) < 4.78 is 0. The summed E-state index contributed by atoms with van der Waals surface area (Å²) in [5.41, 5.74) is 0. The number of hydrogen-bond acceptors (Lipinski definition) is 5. The van der Waals surface area contributed by atoms with Gasteiger partial charge in [-0.1, -0.05) is 17.7 Å². The quantitative estimate of drug-likeness (QED) is 0.570. The average molecular weight is 407 g/mol. The van der Waals surface area contributed by atoms with E-state index >= 15 is 0 Å². The SMILES string of the molecule is CN=C(NCC(c1cccs1)N(C)C)NC1CCN(c2ncccc2Cl)C1. The highest BCUT2D eigenvalue weighted by atomic mass is 35.5. The van der Waals surface area contributed by atoms with Crippen molar-refractivity contribution in [3.63, 3.8) is 0 Å². The Kier molecular flexibility index (Phi) is 6.93. The Labute approximate surface area is 170 Å². The molecule has 1 saturated heterocycles. The van der Waals surface area contributed by atoms with Crippen LogP contribution in [0.4, 0.5) is 5.82 Å². The summed E-state index contributed by atoms with van der Waals surface area (Å²) in [6.45, 7) is 2.59. The number of rotatable bonds is 6. The van der Waals surface area contributed by atoms with Gasteiger partial charge < -0.3 is 20.4 Å². The number of nitrogens with one attached hydrogen (secondary N) is 2. The Morgan fingerprint density at radius 3 is 2.96 bits per heavy atom. The summed E-state index contributed by atoms with van der Waals surface area (Å²) in [6.07, 6.45) is 2.81. The predicted molar refractivity (Wildman–Crippen MR) is 115 cm³/mol. The Balaban J connectivity index is 1.54. The molecule has 3 heterocycles. The van der Waals surface area contributed by atoms with Crippen LogP contribution in [-0.4, -0.2) is 62.7 Å². The molecule has 2 N–H and O–H groups in total. The molecule has 0 saturated carbocycles. The van der Waals surface area contributed by atoms with E-state index in [2.05, 4.69) is 62.0 Å². The summed E-state index contributed by atoms with van der Waals surface area (Å²) in [5.74, 6) is 1.69. The van der Waals surface area contributed by atoms with E-state index in [-0.39, 0.29) is 0 Å². The van der Waals surface area contributed by atoms with Gasteiger partial charge in [0.25, 0.3) is 0 Å². The molecule has 0 bridgehead atoms. The predicted octanol–water partition coefficient (Wildman–Crippen LogP) is 2.84. The van der Waals surface area contributed by atoms with Gasteiger partial charge >= 0.3 is 0 Å². The maximum absolute atomic E-state index is 6.28. The van der Waals surface area contributed by atoms with Crippen LogP contribution in [0, 0.1) is 0 Å². The molecule has 2 unspecified atom stereocenters. The van der Waals surface area contributed by atoms with Crippen LogP contribution in [0.25, 0.3) is 0 Å². The molecule has 2 aromatic rings. The molecule has 0 aliphatic carbocycles. The van der Waals surface area contributed by atoms with Gasteiger partial charge in [0.05, 0.1) is 11.1 Å². The van der Waals surface area contributed by atoms with E-state index in [1.807, 2.05) is 19.2 Å². The molecule has 8 heteroatoms. The largest absolute Gasteiger partial charge is 0.354 e. The molecule has 2 atom stereocenters. The van der Waals surface area contributed by atoms with Gasteiger partial charge in [0.15, 0.2) is 5.96 Å². The molecule has 0 aromatic carbocycles. The molecule has 27 heavy (non-hydrogen) atoms. The number of halogens is 1. The lowest BCUT2D eigenvalue weighted by Crippen LogP contribution is -2.46. The number of anilines is 1. The van der Waals surface area contributed by atoms with Crippen LogP contribution >= 0.6 is 22.9 Å². The van der Waals surface area contributed by atoms with E-state index in [1.54, 1.807) is 17.5 Å². The molecule has 146 valence electrons. The second kappa shape index (κ2) is 9.39. The van der Waals surface area contributed by atoms with Gasteiger partial charge in [-0.05, 0) is 44.1 Å². The second-order valence-electron chi connectivity index (χ2n) is 6.83. The third-order valence-electron chi connectivity index (χ3n) is 4.75. The van der Waals surface area contributed by atoms with Crippen molar-refractivity contribution >= 4 is 34.7 Å². The molecule has 0 amide bonds. The first-order chi connectivity index (χ1) is 13.1. The number of hydrogen-bond donors (Lipinski definition) is 2. The summed E-state index contributed by atoms with van der Waals surface area (Å²) >= 11 is 8.07. The van der Waals surface area contributed by atoms with Crippen LogP contribution < -0.4 is 15.5 Å². The van der Waals surface area contributed by atoms with E-state index in [9.17, 15) is 0 Å². The lowest BCUT2D eigenvalue weighted by Gasteiger charge is -2.25. The van der Waals surface area contributed by atoms with Gasteiger partial charge in [-0.3, -0.25) is 4.99 Å².